The normalized spacial score (nSPS) is 28.8. The van der Waals surface area contributed by atoms with Crippen LogP contribution in [0.3, 0.4) is 0 Å². The lowest BCUT2D eigenvalue weighted by molar-refractivity contribution is -0.127. The average Bonchev–Trinajstić information content (AvgIpc) is 0.790. The summed E-state index contributed by atoms with van der Waals surface area (Å²) in [7, 11) is 16.9. The lowest BCUT2D eigenvalue weighted by Crippen LogP contribution is -2.27. The van der Waals surface area contributed by atoms with Crippen LogP contribution >= 0.6 is 0 Å². The molecule has 0 radical (unpaired) electrons. The second kappa shape index (κ2) is 90.0. The van der Waals surface area contributed by atoms with Gasteiger partial charge >= 0.3 is 0 Å². The summed E-state index contributed by atoms with van der Waals surface area (Å²) < 4.78 is 106. The fraction of sp³-hybridized carbons (Fsp3) is 1.00. The molecule has 0 aliphatic heterocycles. The van der Waals surface area contributed by atoms with Crippen molar-refractivity contribution in [2.24, 2.45) is 118 Å². The Morgan fingerprint density at radius 3 is 0.647 bits per heavy atom. The maximum absolute atomic E-state index is 5.61. The van der Waals surface area contributed by atoms with Gasteiger partial charge in [0.05, 0.1) is 26.4 Å². The monoisotopic (exact) mass is 1990 g/mol. The first-order chi connectivity index (χ1) is 66.8. The van der Waals surface area contributed by atoms with E-state index in [4.69, 9.17) is 94.7 Å². The van der Waals surface area contributed by atoms with Crippen LogP contribution in [0.2, 0.25) is 0 Å². The van der Waals surface area contributed by atoms with Gasteiger partial charge in [-0.05, 0) is 310 Å². The molecule has 10 fully saturated rings. The van der Waals surface area contributed by atoms with E-state index in [1.807, 2.05) is 69.2 Å². The van der Waals surface area contributed by atoms with Crippen LogP contribution < -0.4 is 0 Å². The minimum atomic E-state index is -0.0541. The predicted molar refractivity (Wildman–Crippen MR) is 577 cm³/mol. The first-order valence-corrected chi connectivity index (χ1v) is 58.2. The molecule has 22 atom stereocenters. The van der Waals surface area contributed by atoms with E-state index >= 15 is 0 Å². The van der Waals surface area contributed by atoms with Crippen molar-refractivity contribution < 1.29 is 94.7 Å². The van der Waals surface area contributed by atoms with Gasteiger partial charge in [0, 0.05) is 111 Å². The van der Waals surface area contributed by atoms with Gasteiger partial charge in [0.1, 0.15) is 0 Å². The van der Waals surface area contributed by atoms with Gasteiger partial charge in [-0.2, -0.15) is 0 Å². The van der Waals surface area contributed by atoms with Crippen molar-refractivity contribution in [1.82, 2.24) is 0 Å². The van der Waals surface area contributed by atoms with E-state index in [9.17, 15) is 0 Å². The minimum absolute atomic E-state index is 0.0353. The predicted octanol–water partition coefficient (Wildman–Crippen LogP) is 31.7. The SMILES string of the molecule is COC(C)OCC1CCC(C)CC1.COC(C)OCC1CCC(C)CC1C.COC(C)OCC1CCC(C)CC1C.COC(C)OCC1CCCCC1.COC(C)OCCC1CCC(C)CC1.COC(C)OCCC1CCC(C)CC1C.COC(C)OCCC1CCC(C)CC1C.COC(C)OCCC1CCCCC1.COC(C)OCCCC1CCCCC1.COC(C)OCCCCC1CCCCC1. The fourth-order valence-corrected chi connectivity index (χ4v) is 21.9. The highest BCUT2D eigenvalue weighted by molar-refractivity contribution is 4.81. The lowest BCUT2D eigenvalue weighted by Gasteiger charge is -2.32. The van der Waals surface area contributed by atoms with Crippen LogP contribution in [-0.4, -0.2) is 200 Å². The molecule has 10 aliphatic rings. The van der Waals surface area contributed by atoms with E-state index in [1.165, 1.54) is 315 Å². The van der Waals surface area contributed by atoms with Crippen molar-refractivity contribution in [1.29, 1.82) is 0 Å². The third kappa shape index (κ3) is 75.5. The first kappa shape index (κ1) is 136. The van der Waals surface area contributed by atoms with Crippen molar-refractivity contribution in [3.05, 3.63) is 0 Å². The number of hydrogen-bond donors (Lipinski definition) is 0. The Morgan fingerprint density at radius 1 is 0.165 bits per heavy atom. The van der Waals surface area contributed by atoms with Crippen LogP contribution in [0.25, 0.3) is 0 Å². The molecule has 10 aliphatic carbocycles. The number of unbranched alkanes of at least 4 members (excludes halogenated alkanes) is 1. The van der Waals surface area contributed by atoms with E-state index in [0.717, 1.165) is 184 Å². The van der Waals surface area contributed by atoms with Gasteiger partial charge in [0.25, 0.3) is 0 Å². The molecule has 0 N–H and O–H groups in total. The molecule has 20 heteroatoms. The average molecular weight is 1990 g/mol. The molecule has 0 bridgehead atoms. The van der Waals surface area contributed by atoms with Crippen molar-refractivity contribution in [2.45, 2.75) is 516 Å². The second-order valence-corrected chi connectivity index (χ2v) is 45.3. The summed E-state index contributed by atoms with van der Waals surface area (Å²) in [6.07, 6.45) is 66.7. The highest BCUT2D eigenvalue weighted by Gasteiger charge is 2.31. The van der Waals surface area contributed by atoms with Gasteiger partial charge in [-0.15, -0.1) is 0 Å². The van der Waals surface area contributed by atoms with Crippen molar-refractivity contribution >= 4 is 0 Å². The Labute approximate surface area is 861 Å². The van der Waals surface area contributed by atoms with Gasteiger partial charge < -0.3 is 94.7 Å². The maximum atomic E-state index is 5.61. The molecule has 0 aromatic rings. The van der Waals surface area contributed by atoms with Crippen LogP contribution in [0.1, 0.15) is 453 Å². The van der Waals surface area contributed by atoms with E-state index in [1.54, 1.807) is 71.1 Å². The summed E-state index contributed by atoms with van der Waals surface area (Å²) in [5, 5.41) is 0. The third-order valence-corrected chi connectivity index (χ3v) is 33.1. The Morgan fingerprint density at radius 2 is 0.367 bits per heavy atom. The van der Waals surface area contributed by atoms with Crippen molar-refractivity contribution in [2.75, 3.05) is 137 Å². The standard InChI is InChI=1S/3C13H26O2.4C12H24O2.2C11H22O2.C10H20O2/c2*1-10-5-6-13(11(2)9-10)7-8-15-12(3)14-4;1-12(14-2)15-11-7-6-10-13-8-4-3-5-9-13;2*1-9-5-6-12(10(2)7-9)8-14-11(3)13-4;1-10-4-6-12(7-5-10)8-9-14-11(2)13-3;1-11(13-2)14-10-6-9-12-7-4-3-5-8-12;1-9-4-6-11(7-5-9)8-13-10(2)12-3;1-10(12-2)13-9-8-11-6-4-3-5-7-11;1-9(11-2)12-8-10-6-4-3-5-7-10/h2*10-13H,5-9H2,1-4H3;12-13H,3-11H2,1-2H3;2*9-12H,5-8H2,1-4H3;10-12H,4-9H2,1-3H3;11-12H,3-10H2,1-2H3;9-11H,4-8H2,1-3H3;10-11H,3-9H2,1-2H3;9-10H,3-8H2,1-2H3. The van der Waals surface area contributed by atoms with Crippen molar-refractivity contribution in [3.8, 4) is 0 Å². The van der Waals surface area contributed by atoms with Crippen LogP contribution in [0.4, 0.5) is 0 Å². The second-order valence-electron chi connectivity index (χ2n) is 45.3. The molecule has 139 heavy (non-hydrogen) atoms. The van der Waals surface area contributed by atoms with Crippen LogP contribution in [0.5, 0.6) is 0 Å². The molecule has 0 aromatic heterocycles. The summed E-state index contributed by atoms with van der Waals surface area (Å²) in [4.78, 5) is 0. The van der Waals surface area contributed by atoms with Crippen LogP contribution in [-0.2, 0) is 94.7 Å². The van der Waals surface area contributed by atoms with Gasteiger partial charge in [0.2, 0.25) is 0 Å². The van der Waals surface area contributed by atoms with Crippen LogP contribution in [0, 0.1) is 118 Å². The Hall–Kier alpha value is -0.800. The zero-order chi connectivity index (χ0) is 103. The van der Waals surface area contributed by atoms with Gasteiger partial charge in [0.15, 0.2) is 62.9 Å². The molecular formula is C119H238O20. The number of hydrogen-bond acceptors (Lipinski definition) is 20. The maximum Gasteiger partial charge on any atom is 0.154 e. The van der Waals surface area contributed by atoms with E-state index in [2.05, 4.69) is 69.2 Å². The molecule has 20 nitrogen and oxygen atoms in total. The fourth-order valence-electron chi connectivity index (χ4n) is 21.9. The smallest absolute Gasteiger partial charge is 0.154 e. The van der Waals surface area contributed by atoms with E-state index in [0.29, 0.717) is 0 Å². The van der Waals surface area contributed by atoms with Crippen molar-refractivity contribution in [3.63, 3.8) is 0 Å². The van der Waals surface area contributed by atoms with E-state index < -0.39 is 0 Å². The quantitative estimate of drug-likeness (QED) is 0.0413. The largest absolute Gasteiger partial charge is 0.356 e. The molecule has 10 saturated carbocycles. The summed E-state index contributed by atoms with van der Waals surface area (Å²) >= 11 is 0. The molecule has 0 spiro atoms. The Bertz CT molecular complexity index is 2470. The van der Waals surface area contributed by atoms with Gasteiger partial charge in [-0.25, -0.2) is 0 Å². The summed E-state index contributed by atoms with van der Waals surface area (Å²) in [6.45, 7) is 51.7. The zero-order valence-corrected chi connectivity index (χ0v) is 97.2. The molecule has 10 rings (SSSR count). The van der Waals surface area contributed by atoms with Crippen LogP contribution in [0.15, 0.2) is 0 Å². The molecule has 0 amide bonds. The summed E-state index contributed by atoms with van der Waals surface area (Å²) in [6, 6.07) is 0. The van der Waals surface area contributed by atoms with E-state index in [-0.39, 0.29) is 62.9 Å². The number of rotatable bonds is 49. The topological polar surface area (TPSA) is 185 Å². The molecule has 0 aromatic carbocycles. The number of methoxy groups -OCH3 is 10. The van der Waals surface area contributed by atoms with Gasteiger partial charge in [-0.1, -0.05) is 262 Å². The Kier molecular flexibility index (Phi) is 88.2. The summed E-state index contributed by atoms with van der Waals surface area (Å²) in [5.41, 5.74) is 0. The summed E-state index contributed by atoms with van der Waals surface area (Å²) in [5.74, 6) is 17.5. The molecule has 834 valence electrons. The highest BCUT2D eigenvalue weighted by Crippen LogP contribution is 2.40. The molecule has 0 saturated heterocycles. The first-order valence-electron chi connectivity index (χ1n) is 58.2. The third-order valence-electron chi connectivity index (χ3n) is 33.1. The zero-order valence-electron chi connectivity index (χ0n) is 97.2. The lowest BCUT2D eigenvalue weighted by atomic mass is 9.74. The molecule has 22 unspecified atom stereocenters. The number of ether oxygens (including phenoxy) is 20. The van der Waals surface area contributed by atoms with Gasteiger partial charge in [-0.3, -0.25) is 0 Å². The molecular weight excluding hydrogens is 1750 g/mol. The Balaban J connectivity index is 0.000000773. The highest BCUT2D eigenvalue weighted by atomic mass is 16.7. The minimum Gasteiger partial charge on any atom is -0.356 e. The molecule has 0 heterocycles.